The fraction of sp³-hybridized carbons (Fsp3) is 0.0455. The smallest absolute Gasteiger partial charge is 0.00262 e. The number of rotatable bonds is 3. The second-order valence-corrected chi connectivity index (χ2v) is 12.0. The molecule has 0 spiro atoms. The van der Waals surface area contributed by atoms with Gasteiger partial charge in [0.25, 0.3) is 0 Å². The summed E-state index contributed by atoms with van der Waals surface area (Å²) in [5.74, 6) is 0. The molecule has 8 aromatic rings. The number of hydrogen-bond donors (Lipinski definition) is 0. The maximum absolute atomic E-state index is 2.48. The number of hydrogen-bond acceptors (Lipinski definition) is 0. The van der Waals surface area contributed by atoms with Crippen LogP contribution in [-0.2, 0) is 12.8 Å². The molecule has 0 atom stereocenters. The molecule has 0 heteroatoms. The van der Waals surface area contributed by atoms with Gasteiger partial charge in [-0.3, -0.25) is 0 Å². The van der Waals surface area contributed by atoms with Crippen molar-refractivity contribution in [1.29, 1.82) is 0 Å². The Morgan fingerprint density at radius 3 is 1.52 bits per heavy atom. The van der Waals surface area contributed by atoms with E-state index in [1.807, 2.05) is 0 Å². The van der Waals surface area contributed by atoms with Crippen LogP contribution in [0.2, 0.25) is 0 Å². The molecule has 0 saturated heterocycles. The minimum atomic E-state index is 1.08. The lowest BCUT2D eigenvalue weighted by atomic mass is 9.80. The summed E-state index contributed by atoms with van der Waals surface area (Å²) in [4.78, 5) is 0. The van der Waals surface area contributed by atoms with Crippen LogP contribution in [0.25, 0.3) is 76.8 Å². The van der Waals surface area contributed by atoms with Crippen molar-refractivity contribution in [3.05, 3.63) is 169 Å². The van der Waals surface area contributed by atoms with Gasteiger partial charge in [-0.2, -0.15) is 0 Å². The minimum Gasteiger partial charge on any atom is -0.0622 e. The summed E-state index contributed by atoms with van der Waals surface area (Å²) in [5.41, 5.74) is 13.3. The summed E-state index contributed by atoms with van der Waals surface area (Å²) >= 11 is 0. The summed E-state index contributed by atoms with van der Waals surface area (Å²) < 4.78 is 0. The monoisotopic (exact) mass is 558 g/mol. The van der Waals surface area contributed by atoms with Crippen LogP contribution < -0.4 is 0 Å². The standard InChI is InChI=1S/C44H30/c1-2-11-29(12-3-1)33-14-10-15-34(27-33)43-37-17-6-8-19-39(37)44(40-20-9-7-18-38(40)43)35-26-23-31-22-25-32-24-21-30-13-4-5-16-36(30)42(32)41(31)28-35/h1-21,23-24,26-28H,22,25H2. The molecule has 8 aromatic carbocycles. The second-order valence-electron chi connectivity index (χ2n) is 12.0. The highest BCUT2D eigenvalue weighted by atomic mass is 14.2. The first-order valence-corrected chi connectivity index (χ1v) is 15.6. The molecule has 0 bridgehead atoms. The molecule has 0 amide bonds. The van der Waals surface area contributed by atoms with E-state index in [9.17, 15) is 0 Å². The van der Waals surface area contributed by atoms with Gasteiger partial charge in [0.05, 0.1) is 0 Å². The number of aryl methyl sites for hydroxylation is 2. The average Bonchev–Trinajstić information content (AvgIpc) is 3.10. The van der Waals surface area contributed by atoms with E-state index in [4.69, 9.17) is 0 Å². The van der Waals surface area contributed by atoms with Gasteiger partial charge >= 0.3 is 0 Å². The first-order chi connectivity index (χ1) is 21.8. The molecule has 0 heterocycles. The highest BCUT2D eigenvalue weighted by molar-refractivity contribution is 6.21. The molecule has 0 aromatic heterocycles. The van der Waals surface area contributed by atoms with E-state index < -0.39 is 0 Å². The Hall–Kier alpha value is -5.46. The Morgan fingerprint density at radius 2 is 0.818 bits per heavy atom. The fourth-order valence-corrected chi connectivity index (χ4v) is 7.53. The van der Waals surface area contributed by atoms with Gasteiger partial charge in [0.2, 0.25) is 0 Å². The zero-order valence-corrected chi connectivity index (χ0v) is 24.4. The Kier molecular flexibility index (Phi) is 5.74. The van der Waals surface area contributed by atoms with Gasteiger partial charge in [0.1, 0.15) is 0 Å². The topological polar surface area (TPSA) is 0 Å². The van der Waals surface area contributed by atoms with Crippen LogP contribution in [0.15, 0.2) is 158 Å². The lowest BCUT2D eigenvalue weighted by Gasteiger charge is -2.24. The van der Waals surface area contributed by atoms with Crippen LogP contribution >= 0.6 is 0 Å². The van der Waals surface area contributed by atoms with E-state index in [2.05, 4.69) is 158 Å². The summed E-state index contributed by atoms with van der Waals surface area (Å²) in [7, 11) is 0. The van der Waals surface area contributed by atoms with Gasteiger partial charge < -0.3 is 0 Å². The third kappa shape index (κ3) is 3.92. The maximum atomic E-state index is 2.48. The third-order valence-electron chi connectivity index (χ3n) is 9.54. The van der Waals surface area contributed by atoms with Crippen LogP contribution in [0.4, 0.5) is 0 Å². The SMILES string of the molecule is c1ccc(-c2cccc(-c3c4ccccc4c(-c4ccc5c(c4)-c4c(ccc6ccccc46)CC5)c4ccccc34)c2)cc1. The molecule has 0 nitrogen and oxygen atoms in total. The van der Waals surface area contributed by atoms with Crippen molar-refractivity contribution in [2.75, 3.05) is 0 Å². The molecule has 0 N–H and O–H groups in total. The molecule has 0 fully saturated rings. The van der Waals surface area contributed by atoms with Crippen molar-refractivity contribution in [2.45, 2.75) is 12.8 Å². The maximum Gasteiger partial charge on any atom is -0.00262 e. The lowest BCUT2D eigenvalue weighted by Crippen LogP contribution is -2.05. The number of benzene rings is 8. The first kappa shape index (κ1) is 25.1. The van der Waals surface area contributed by atoms with Crippen molar-refractivity contribution >= 4 is 32.3 Å². The van der Waals surface area contributed by atoms with Crippen LogP contribution in [-0.4, -0.2) is 0 Å². The molecule has 0 unspecified atom stereocenters. The van der Waals surface area contributed by atoms with E-state index in [0.717, 1.165) is 12.8 Å². The first-order valence-electron chi connectivity index (χ1n) is 15.6. The van der Waals surface area contributed by atoms with Crippen LogP contribution in [0.1, 0.15) is 11.1 Å². The quantitative estimate of drug-likeness (QED) is 0.189. The van der Waals surface area contributed by atoms with Crippen LogP contribution in [0, 0.1) is 0 Å². The Balaban J connectivity index is 1.32. The minimum absolute atomic E-state index is 1.08. The Labute approximate surface area is 257 Å². The van der Waals surface area contributed by atoms with Gasteiger partial charge in [0.15, 0.2) is 0 Å². The summed E-state index contributed by atoms with van der Waals surface area (Å²) in [5, 5.41) is 7.82. The average molecular weight is 559 g/mol. The van der Waals surface area contributed by atoms with E-state index in [1.54, 1.807) is 0 Å². The molecule has 0 aliphatic heterocycles. The van der Waals surface area contributed by atoms with E-state index in [0.29, 0.717) is 0 Å². The molecular formula is C44H30. The van der Waals surface area contributed by atoms with Gasteiger partial charge in [-0.05, 0) is 113 Å². The summed E-state index contributed by atoms with van der Waals surface area (Å²) in [6, 6.07) is 58.4. The summed E-state index contributed by atoms with van der Waals surface area (Å²) in [6.45, 7) is 0. The highest BCUT2D eigenvalue weighted by Gasteiger charge is 2.22. The van der Waals surface area contributed by atoms with Crippen molar-refractivity contribution in [2.24, 2.45) is 0 Å². The van der Waals surface area contributed by atoms with Crippen molar-refractivity contribution in [3.8, 4) is 44.5 Å². The van der Waals surface area contributed by atoms with Gasteiger partial charge in [-0.25, -0.2) is 0 Å². The van der Waals surface area contributed by atoms with E-state index in [1.165, 1.54) is 88.0 Å². The van der Waals surface area contributed by atoms with Crippen LogP contribution in [0.3, 0.4) is 0 Å². The van der Waals surface area contributed by atoms with Crippen molar-refractivity contribution < 1.29 is 0 Å². The molecule has 206 valence electrons. The summed E-state index contributed by atoms with van der Waals surface area (Å²) in [6.07, 6.45) is 2.17. The zero-order chi connectivity index (χ0) is 29.0. The predicted molar refractivity (Wildman–Crippen MR) is 188 cm³/mol. The Bertz CT molecular complexity index is 2320. The zero-order valence-electron chi connectivity index (χ0n) is 24.4. The fourth-order valence-electron chi connectivity index (χ4n) is 7.53. The number of fused-ring (bicyclic) bond motifs is 7. The molecular weight excluding hydrogens is 528 g/mol. The van der Waals surface area contributed by atoms with Gasteiger partial charge in [0, 0.05) is 0 Å². The molecule has 0 saturated carbocycles. The molecule has 44 heavy (non-hydrogen) atoms. The largest absolute Gasteiger partial charge is 0.0622 e. The molecule has 9 rings (SSSR count). The molecule has 1 aliphatic rings. The molecule has 1 aliphatic carbocycles. The normalized spacial score (nSPS) is 12.4. The second kappa shape index (κ2) is 10.1. The molecule has 0 radical (unpaired) electrons. The van der Waals surface area contributed by atoms with Crippen molar-refractivity contribution in [3.63, 3.8) is 0 Å². The van der Waals surface area contributed by atoms with Gasteiger partial charge in [-0.1, -0.05) is 146 Å². The van der Waals surface area contributed by atoms with Gasteiger partial charge in [-0.15, -0.1) is 0 Å². The van der Waals surface area contributed by atoms with Crippen LogP contribution in [0.5, 0.6) is 0 Å². The lowest BCUT2D eigenvalue weighted by molar-refractivity contribution is 0.945. The van der Waals surface area contributed by atoms with E-state index >= 15 is 0 Å². The van der Waals surface area contributed by atoms with Crippen molar-refractivity contribution in [1.82, 2.24) is 0 Å². The highest BCUT2D eigenvalue weighted by Crippen LogP contribution is 2.46. The van der Waals surface area contributed by atoms with E-state index in [-0.39, 0.29) is 0 Å². The predicted octanol–water partition coefficient (Wildman–Crippen LogP) is 11.9. The third-order valence-corrected chi connectivity index (χ3v) is 9.54. The Morgan fingerprint density at radius 1 is 0.295 bits per heavy atom.